The molecule has 1 unspecified atom stereocenters. The summed E-state index contributed by atoms with van der Waals surface area (Å²) in [5, 5.41) is 0. The molecule has 0 heterocycles. The Hall–Kier alpha value is 0.430. The van der Waals surface area contributed by atoms with Crippen molar-refractivity contribution >= 4 is 9.90 Å². The van der Waals surface area contributed by atoms with E-state index in [4.69, 9.17) is 4.11 Å². The molecule has 0 aromatic rings. The predicted octanol–water partition coefficient (Wildman–Crippen LogP) is 6.36. The first-order valence-corrected chi connectivity index (χ1v) is 5.45. The Morgan fingerprint density at radius 3 is 1.00 bits per heavy atom. The van der Waals surface area contributed by atoms with Crippen molar-refractivity contribution in [2.24, 2.45) is 0 Å². The molecule has 0 saturated carbocycles. The van der Waals surface area contributed by atoms with Crippen LogP contribution in [0.4, 0.5) is 0 Å². The third-order valence-corrected chi connectivity index (χ3v) is 0. The van der Waals surface area contributed by atoms with Gasteiger partial charge in [0.15, 0.2) is 0 Å². The van der Waals surface area contributed by atoms with E-state index in [9.17, 15) is 0 Å². The molecule has 14 heavy (non-hydrogen) atoms. The maximum absolute atomic E-state index is 6.45. The number of hydrogen-bond acceptors (Lipinski definition) is 0. The molecule has 1 heteroatoms. The van der Waals surface area contributed by atoms with Crippen molar-refractivity contribution in [2.45, 2.75) is 88.4 Å². The van der Waals surface area contributed by atoms with Crippen molar-refractivity contribution in [2.75, 3.05) is 0 Å². The molecule has 0 aliphatic heterocycles. The van der Waals surface area contributed by atoms with Crippen LogP contribution in [0.3, 0.4) is 0 Å². The fourth-order valence-electron chi connectivity index (χ4n) is 0. The Balaban J connectivity index is -0.0000000221. The molecule has 0 spiro atoms. The van der Waals surface area contributed by atoms with E-state index in [0.717, 1.165) is 6.42 Å². The first kappa shape index (κ1) is 19.9. The minimum atomic E-state index is 0. The minimum Gasteiger partial charge on any atom is -0.153 e. The van der Waals surface area contributed by atoms with E-state index < -0.39 is 0 Å². The van der Waals surface area contributed by atoms with Gasteiger partial charge in [-0.25, -0.2) is 0 Å². The van der Waals surface area contributed by atoms with Crippen molar-refractivity contribution in [3.05, 3.63) is 0 Å². The van der Waals surface area contributed by atoms with Crippen LogP contribution in [0.25, 0.3) is 0 Å². The fourth-order valence-corrected chi connectivity index (χ4v) is 0. The van der Waals surface area contributed by atoms with Crippen LogP contribution >= 0.6 is 9.90 Å². The maximum Gasteiger partial charge on any atom is 0.0230 e. The van der Waals surface area contributed by atoms with Crippen LogP contribution in [0.5, 0.6) is 0 Å². The van der Waals surface area contributed by atoms with Crippen molar-refractivity contribution in [3.8, 4) is 0 Å². The highest BCUT2D eigenvalue weighted by atomic mass is 31.0. The van der Waals surface area contributed by atoms with Gasteiger partial charge >= 0.3 is 0 Å². The third kappa shape index (κ3) is 8780. The second-order valence-corrected chi connectivity index (χ2v) is 1.91. The van der Waals surface area contributed by atoms with Crippen molar-refractivity contribution in [1.29, 1.82) is 0 Å². The van der Waals surface area contributed by atoms with Gasteiger partial charge in [-0.3, -0.25) is 0 Å². The summed E-state index contributed by atoms with van der Waals surface area (Å²) in [5.74, 6) is 0. The normalized spacial score (nSPS) is 7.50. The number of hydrogen-bond donors (Lipinski definition) is 0. The lowest BCUT2D eigenvalue weighted by atomic mass is 10.6. The van der Waals surface area contributed by atoms with Gasteiger partial charge in [-0.15, -0.1) is 0 Å². The second kappa shape index (κ2) is 176. The molecule has 0 aliphatic rings. The Labute approximate surface area is 103 Å². The van der Waals surface area contributed by atoms with E-state index in [-0.39, 0.29) is 9.90 Å². The largest absolute Gasteiger partial charge is 0.153 e. The molecule has 0 bridgehead atoms. The second-order valence-electron chi connectivity index (χ2n) is 1.91. The lowest BCUT2D eigenvalue weighted by Crippen LogP contribution is -1.27. The van der Waals surface area contributed by atoms with E-state index in [0.29, 0.717) is 20.7 Å². The zero-order valence-electron chi connectivity index (χ0n) is 14.9. The molecule has 0 N–H and O–H groups in total. The average molecular weight is 230 g/mol. The third-order valence-electron chi connectivity index (χ3n) is 0. The summed E-state index contributed by atoms with van der Waals surface area (Å²) < 4.78 is 18.9. The molecule has 0 aliphatic carbocycles. The van der Waals surface area contributed by atoms with Gasteiger partial charge < -0.3 is 0 Å². The molecule has 0 rings (SSSR count). The molecular formula is C13H39P. The highest BCUT2D eigenvalue weighted by molar-refractivity contribution is 6.92. The van der Waals surface area contributed by atoms with Crippen molar-refractivity contribution < 1.29 is 4.11 Å². The van der Waals surface area contributed by atoms with E-state index in [1.165, 1.54) is 12.8 Å². The zero-order chi connectivity index (χ0) is 14.2. The van der Waals surface area contributed by atoms with Gasteiger partial charge in [0.2, 0.25) is 0 Å². The first-order valence-electron chi connectivity index (χ1n) is 7.57. The highest BCUT2D eigenvalue weighted by Gasteiger charge is 1.36. The topological polar surface area (TPSA) is 0 Å². The molecular weight excluding hydrogens is 187 g/mol. The van der Waals surface area contributed by atoms with Gasteiger partial charge in [0, 0.05) is 4.11 Å². The van der Waals surface area contributed by atoms with Gasteiger partial charge in [-0.05, 0) is 0 Å². The van der Waals surface area contributed by atoms with Crippen LogP contribution in [-0.4, -0.2) is 0 Å². The smallest absolute Gasteiger partial charge is 0.0230 e. The summed E-state index contributed by atoms with van der Waals surface area (Å²) in [6.07, 6.45) is 3.49. The Morgan fingerprint density at radius 1 is 0.929 bits per heavy atom. The molecule has 0 nitrogen and oxygen atoms in total. The Morgan fingerprint density at radius 2 is 1.00 bits per heavy atom. The van der Waals surface area contributed by atoms with E-state index in [1.807, 2.05) is 6.92 Å². The van der Waals surface area contributed by atoms with Gasteiger partial charge in [0.1, 0.15) is 0 Å². The van der Waals surface area contributed by atoms with Crippen LogP contribution in [0.15, 0.2) is 0 Å². The van der Waals surface area contributed by atoms with Crippen molar-refractivity contribution in [1.82, 2.24) is 0 Å². The summed E-state index contributed by atoms with van der Waals surface area (Å²) in [4.78, 5) is 0. The monoisotopic (exact) mass is 230 g/mol. The molecule has 96 valence electrons. The molecule has 1 atom stereocenters. The lowest BCUT2D eigenvalue weighted by molar-refractivity contribution is 1.09. The Bertz CT molecular complexity index is 37.6. The molecule has 0 amide bonds. The molecule has 0 saturated heterocycles. The van der Waals surface area contributed by atoms with E-state index in [1.54, 1.807) is 13.8 Å². The summed E-state index contributed by atoms with van der Waals surface area (Å²) in [7, 11) is 0. The first-order chi connectivity index (χ1) is 7.57. The van der Waals surface area contributed by atoms with E-state index >= 15 is 0 Å². The lowest BCUT2D eigenvalue weighted by Gasteiger charge is -1.48. The molecule has 0 aromatic heterocycles. The summed E-state index contributed by atoms with van der Waals surface area (Å²) in [5.41, 5.74) is 0. The summed E-state index contributed by atoms with van der Waals surface area (Å²) >= 11 is 0. The molecule has 0 aromatic carbocycles. The fraction of sp³-hybridized carbons (Fsp3) is 1.00. The van der Waals surface area contributed by atoms with E-state index in [2.05, 4.69) is 27.7 Å². The molecule has 0 fully saturated rings. The zero-order valence-corrected chi connectivity index (χ0v) is 13.4. The van der Waals surface area contributed by atoms with Gasteiger partial charge in [0.25, 0.3) is 0 Å². The van der Waals surface area contributed by atoms with Crippen LogP contribution in [-0.2, 0) is 0 Å². The van der Waals surface area contributed by atoms with Crippen LogP contribution in [0.1, 0.15) is 92.5 Å². The Kier molecular flexibility index (Phi) is 251. The molecule has 0 radical (unpaired) electrons. The quantitative estimate of drug-likeness (QED) is 0.425. The van der Waals surface area contributed by atoms with Crippen LogP contribution in [0.2, 0.25) is 0 Å². The average Bonchev–Trinajstić information content (AvgIpc) is 2.22. The highest BCUT2D eigenvalue weighted by Crippen LogP contribution is 1.56. The summed E-state index contributed by atoms with van der Waals surface area (Å²) in [6, 6.07) is 0. The standard InChI is InChI=1S/3C3H8.2C2H6.H3P/c3*1-3-2;2*1-2;/h3*3H2,1-2H3;2*1-2H3;1H3/i1D;;;1T;1D;. The SMILES string of the molecule is CCC.CCC.P.[2H]CC.[2H]CCC.[3H]CC. The number of rotatable bonds is 0. The van der Waals surface area contributed by atoms with Crippen LogP contribution in [0, 0.1) is 0 Å². The summed E-state index contributed by atoms with van der Waals surface area (Å²) in [6.45, 7) is 15.6. The minimum absolute atomic E-state index is 0. The van der Waals surface area contributed by atoms with Gasteiger partial charge in [-0.2, -0.15) is 9.90 Å². The predicted molar refractivity (Wildman–Crippen MR) is 81.7 cm³/mol. The van der Waals surface area contributed by atoms with Crippen LogP contribution < -0.4 is 0 Å². The maximum atomic E-state index is 6.45. The van der Waals surface area contributed by atoms with Gasteiger partial charge in [0.05, 0.1) is 0 Å². The van der Waals surface area contributed by atoms with Crippen molar-refractivity contribution in [3.63, 3.8) is 0 Å². The van der Waals surface area contributed by atoms with Gasteiger partial charge in [-0.1, -0.05) is 88.4 Å².